The molecule has 174 valence electrons. The average Bonchev–Trinajstić information content (AvgIpc) is 2.78. The predicted molar refractivity (Wildman–Crippen MR) is 113 cm³/mol. The quantitative estimate of drug-likeness (QED) is 0.272. The number of ether oxygens (including phenoxy) is 1. The molecule has 1 aliphatic rings. The molecule has 0 unspecified atom stereocenters. The second kappa shape index (κ2) is 9.12. The van der Waals surface area contributed by atoms with Gasteiger partial charge in [0.25, 0.3) is 0 Å². The molecule has 1 aliphatic carbocycles. The molecule has 3 aromatic rings. The van der Waals surface area contributed by atoms with Crippen LogP contribution in [0.25, 0.3) is 11.1 Å². The molecular weight excluding hydrogens is 442 g/mol. The Morgan fingerprint density at radius 1 is 0.758 bits per heavy atom. The monoisotopic (exact) mass is 464 g/mol. The van der Waals surface area contributed by atoms with Crippen molar-refractivity contribution in [1.82, 2.24) is 0 Å². The second-order valence-corrected chi connectivity index (χ2v) is 8.59. The molecule has 0 spiro atoms. The van der Waals surface area contributed by atoms with Gasteiger partial charge in [-0.1, -0.05) is 38.0 Å². The van der Waals surface area contributed by atoms with Crippen molar-refractivity contribution in [2.24, 2.45) is 5.92 Å². The van der Waals surface area contributed by atoms with E-state index in [1.807, 2.05) is 0 Å². The summed E-state index contributed by atoms with van der Waals surface area (Å²) in [6, 6.07) is 10.1. The van der Waals surface area contributed by atoms with E-state index in [0.29, 0.717) is 30.0 Å². The molecule has 0 radical (unpaired) electrons. The highest BCUT2D eigenvalue weighted by Crippen LogP contribution is 2.38. The molecule has 1 saturated carbocycles. The minimum atomic E-state index is -3.85. The Bertz CT molecular complexity index is 1110. The summed E-state index contributed by atoms with van der Waals surface area (Å²) in [5, 5.41) is 0. The molecule has 4 rings (SSSR count). The number of halogens is 6. The van der Waals surface area contributed by atoms with Crippen molar-refractivity contribution in [3.8, 4) is 16.9 Å². The maximum Gasteiger partial charge on any atom is 0.426 e. The maximum atomic E-state index is 14.7. The van der Waals surface area contributed by atoms with Crippen LogP contribution in [0.15, 0.2) is 54.6 Å². The zero-order chi connectivity index (χ0) is 23.8. The van der Waals surface area contributed by atoms with Crippen LogP contribution in [0.5, 0.6) is 5.75 Å². The Hall–Kier alpha value is -2.96. The van der Waals surface area contributed by atoms with Gasteiger partial charge in [-0.15, -0.1) is 0 Å². The molecule has 1 nitrogen and oxygen atoms in total. The lowest BCUT2D eigenvalue weighted by Crippen LogP contribution is -2.22. The maximum absolute atomic E-state index is 14.7. The lowest BCUT2D eigenvalue weighted by Gasteiger charge is -2.26. The first-order valence-corrected chi connectivity index (χ1v) is 10.8. The zero-order valence-corrected chi connectivity index (χ0v) is 17.9. The van der Waals surface area contributed by atoms with Crippen LogP contribution in [0.1, 0.15) is 49.7 Å². The Morgan fingerprint density at radius 3 is 1.94 bits per heavy atom. The first kappa shape index (κ1) is 23.2. The highest BCUT2D eigenvalue weighted by molar-refractivity contribution is 5.65. The van der Waals surface area contributed by atoms with E-state index in [4.69, 9.17) is 4.74 Å². The van der Waals surface area contributed by atoms with E-state index in [9.17, 15) is 26.3 Å². The Labute approximate surface area is 188 Å². The van der Waals surface area contributed by atoms with Crippen molar-refractivity contribution in [2.75, 3.05) is 0 Å². The summed E-state index contributed by atoms with van der Waals surface area (Å²) in [7, 11) is 0. The van der Waals surface area contributed by atoms with E-state index in [0.717, 1.165) is 43.4 Å². The summed E-state index contributed by atoms with van der Waals surface area (Å²) in [5.41, 5.74) is -0.352. The molecule has 1 fully saturated rings. The molecule has 0 saturated heterocycles. The van der Waals surface area contributed by atoms with E-state index >= 15 is 0 Å². The van der Waals surface area contributed by atoms with Gasteiger partial charge in [0.05, 0.1) is 5.56 Å². The lowest BCUT2D eigenvalue weighted by molar-refractivity contribution is -0.185. The number of rotatable bonds is 5. The number of benzene rings is 3. The molecule has 0 N–H and O–H groups in total. The Kier molecular flexibility index (Phi) is 6.41. The van der Waals surface area contributed by atoms with E-state index in [2.05, 4.69) is 6.92 Å². The van der Waals surface area contributed by atoms with Gasteiger partial charge in [-0.3, -0.25) is 0 Å². The van der Waals surface area contributed by atoms with Crippen LogP contribution < -0.4 is 4.74 Å². The van der Waals surface area contributed by atoms with Crippen molar-refractivity contribution in [2.45, 2.75) is 44.6 Å². The van der Waals surface area contributed by atoms with Crippen LogP contribution in [0.4, 0.5) is 26.3 Å². The van der Waals surface area contributed by atoms with Gasteiger partial charge in [0, 0.05) is 5.56 Å². The summed E-state index contributed by atoms with van der Waals surface area (Å²) in [6.07, 6.45) is 0.552. The standard InChI is InChI=1S/C26H22F6O/c1-15-2-4-16(5-3-15)17-6-9-20(10-7-17)33-26(31,32)19-8-11-21(22(27)14-19)18-12-23(28)25(30)24(29)13-18/h6-16H,2-5H2,1H3. The predicted octanol–water partition coefficient (Wildman–Crippen LogP) is 8.33. The highest BCUT2D eigenvalue weighted by Gasteiger charge is 2.35. The third-order valence-corrected chi connectivity index (χ3v) is 6.21. The molecule has 0 bridgehead atoms. The summed E-state index contributed by atoms with van der Waals surface area (Å²) in [4.78, 5) is 0. The third-order valence-electron chi connectivity index (χ3n) is 6.21. The average molecular weight is 464 g/mol. The Morgan fingerprint density at radius 2 is 1.36 bits per heavy atom. The fourth-order valence-electron chi connectivity index (χ4n) is 4.25. The minimum Gasteiger partial charge on any atom is -0.429 e. The van der Waals surface area contributed by atoms with Gasteiger partial charge in [-0.25, -0.2) is 17.6 Å². The van der Waals surface area contributed by atoms with Gasteiger partial charge in [-0.05, 0) is 72.2 Å². The smallest absolute Gasteiger partial charge is 0.426 e. The molecular formula is C26H22F6O. The highest BCUT2D eigenvalue weighted by atomic mass is 19.3. The lowest BCUT2D eigenvalue weighted by atomic mass is 9.79. The molecule has 0 heterocycles. The van der Waals surface area contributed by atoms with Crippen molar-refractivity contribution < 1.29 is 31.1 Å². The van der Waals surface area contributed by atoms with E-state index in [-0.39, 0.29) is 16.9 Å². The van der Waals surface area contributed by atoms with Gasteiger partial charge in [0.1, 0.15) is 11.6 Å². The molecule has 0 atom stereocenters. The first-order valence-electron chi connectivity index (χ1n) is 10.8. The van der Waals surface area contributed by atoms with Crippen molar-refractivity contribution >= 4 is 0 Å². The molecule has 3 aromatic carbocycles. The third kappa shape index (κ3) is 5.02. The fraction of sp³-hybridized carbons (Fsp3) is 0.308. The van der Waals surface area contributed by atoms with Gasteiger partial charge >= 0.3 is 6.11 Å². The van der Waals surface area contributed by atoms with Crippen LogP contribution in [0.3, 0.4) is 0 Å². The zero-order valence-electron chi connectivity index (χ0n) is 17.9. The largest absolute Gasteiger partial charge is 0.429 e. The van der Waals surface area contributed by atoms with Crippen LogP contribution in [0, 0.1) is 29.2 Å². The fourth-order valence-corrected chi connectivity index (χ4v) is 4.25. The topological polar surface area (TPSA) is 9.23 Å². The van der Waals surface area contributed by atoms with Crippen LogP contribution >= 0.6 is 0 Å². The normalized spacial score (nSPS) is 18.9. The van der Waals surface area contributed by atoms with Crippen LogP contribution in [-0.4, -0.2) is 0 Å². The van der Waals surface area contributed by atoms with E-state index in [1.54, 1.807) is 12.1 Å². The molecule has 0 aliphatic heterocycles. The van der Waals surface area contributed by atoms with E-state index < -0.39 is 34.9 Å². The Balaban J connectivity index is 1.51. The number of alkyl halides is 2. The molecule has 0 amide bonds. The molecule has 33 heavy (non-hydrogen) atoms. The number of hydrogen-bond acceptors (Lipinski definition) is 1. The van der Waals surface area contributed by atoms with Crippen molar-refractivity contribution in [1.29, 1.82) is 0 Å². The van der Waals surface area contributed by atoms with Gasteiger partial charge < -0.3 is 4.74 Å². The summed E-state index contributed by atoms with van der Waals surface area (Å²) in [6.45, 7) is 2.22. The summed E-state index contributed by atoms with van der Waals surface area (Å²) < 4.78 is 88.8. The van der Waals surface area contributed by atoms with Crippen molar-refractivity contribution in [3.05, 3.63) is 89.0 Å². The first-order chi connectivity index (χ1) is 15.6. The molecule has 0 aromatic heterocycles. The van der Waals surface area contributed by atoms with Gasteiger partial charge in [0.15, 0.2) is 17.5 Å². The SMILES string of the molecule is CC1CCC(c2ccc(OC(F)(F)c3ccc(-c4cc(F)c(F)c(F)c4)c(F)c3)cc2)CC1. The van der Waals surface area contributed by atoms with Crippen LogP contribution in [-0.2, 0) is 6.11 Å². The summed E-state index contributed by atoms with van der Waals surface area (Å²) >= 11 is 0. The number of hydrogen-bond donors (Lipinski definition) is 0. The van der Waals surface area contributed by atoms with Gasteiger partial charge in [-0.2, -0.15) is 8.78 Å². The molecule has 7 heteroatoms. The van der Waals surface area contributed by atoms with E-state index in [1.165, 1.54) is 12.1 Å². The van der Waals surface area contributed by atoms with Gasteiger partial charge in [0.2, 0.25) is 0 Å². The minimum absolute atomic E-state index is 0.0694. The summed E-state index contributed by atoms with van der Waals surface area (Å²) in [5.74, 6) is -4.82. The van der Waals surface area contributed by atoms with Crippen LogP contribution in [0.2, 0.25) is 0 Å². The van der Waals surface area contributed by atoms with Crippen molar-refractivity contribution in [3.63, 3.8) is 0 Å². The second-order valence-electron chi connectivity index (χ2n) is 8.59.